The average molecular weight is 376 g/mol. The van der Waals surface area contributed by atoms with Gasteiger partial charge in [-0.1, -0.05) is 6.42 Å². The van der Waals surface area contributed by atoms with Gasteiger partial charge in [-0.05, 0) is 35.0 Å². The first-order chi connectivity index (χ1) is 10.0. The van der Waals surface area contributed by atoms with Gasteiger partial charge in [0, 0.05) is 11.3 Å². The molecule has 1 aliphatic rings. The van der Waals surface area contributed by atoms with Crippen molar-refractivity contribution in [2.75, 3.05) is 25.2 Å². The number of halogens is 1. The Bertz CT molecular complexity index is 581. The number of hydrogen-bond donors (Lipinski definition) is 1. The molecule has 0 aliphatic heterocycles. The third-order valence-corrected chi connectivity index (χ3v) is 5.98. The lowest BCUT2D eigenvalue weighted by molar-refractivity contribution is -0.141. The molecule has 1 aromatic rings. The topological polar surface area (TPSA) is 73.2 Å². The molecule has 0 bridgehead atoms. The van der Waals surface area contributed by atoms with Crippen LogP contribution in [-0.4, -0.2) is 40.4 Å². The van der Waals surface area contributed by atoms with Crippen molar-refractivity contribution < 1.29 is 9.53 Å². The maximum atomic E-state index is 12.1. The van der Waals surface area contributed by atoms with Crippen molar-refractivity contribution in [2.45, 2.75) is 30.6 Å². The van der Waals surface area contributed by atoms with Gasteiger partial charge in [0.25, 0.3) is 5.56 Å². The summed E-state index contributed by atoms with van der Waals surface area (Å²) in [6.07, 6.45) is 7.30. The van der Waals surface area contributed by atoms with E-state index in [2.05, 4.69) is 37.3 Å². The summed E-state index contributed by atoms with van der Waals surface area (Å²) in [6, 6.07) is 0. The second-order valence-corrected chi connectivity index (χ2v) is 7.07. The molecule has 0 saturated heterocycles. The van der Waals surface area contributed by atoms with E-state index in [9.17, 15) is 9.59 Å². The number of anilines is 1. The standard InChI is InChI=1S/C13H18BrN3O3S/c1-20-10(18)7-17-12(19)11(14)9(6-16-17)15-8-13(21-2)4-3-5-13/h6,15H,3-5,7-8H2,1-2H3. The van der Waals surface area contributed by atoms with Crippen LogP contribution in [0, 0.1) is 0 Å². The van der Waals surface area contributed by atoms with Gasteiger partial charge in [0.15, 0.2) is 0 Å². The maximum Gasteiger partial charge on any atom is 0.327 e. The molecule has 0 unspecified atom stereocenters. The summed E-state index contributed by atoms with van der Waals surface area (Å²) in [5.74, 6) is -0.506. The number of thioether (sulfide) groups is 1. The van der Waals surface area contributed by atoms with E-state index in [0.717, 1.165) is 11.2 Å². The number of nitrogens with zero attached hydrogens (tertiary/aromatic N) is 2. The Kier molecular flexibility index (Phi) is 5.32. The molecule has 1 aliphatic carbocycles. The number of carbonyl (C=O) groups is 1. The highest BCUT2D eigenvalue weighted by atomic mass is 79.9. The molecule has 21 heavy (non-hydrogen) atoms. The summed E-state index contributed by atoms with van der Waals surface area (Å²) < 4.78 is 6.26. The van der Waals surface area contributed by atoms with Gasteiger partial charge in [-0.2, -0.15) is 16.9 Å². The average Bonchev–Trinajstić information content (AvgIpc) is 2.45. The molecule has 0 spiro atoms. The molecule has 6 nitrogen and oxygen atoms in total. The fraction of sp³-hybridized carbons (Fsp3) is 0.615. The van der Waals surface area contributed by atoms with Crippen molar-refractivity contribution in [3.63, 3.8) is 0 Å². The van der Waals surface area contributed by atoms with E-state index in [-0.39, 0.29) is 16.9 Å². The van der Waals surface area contributed by atoms with Crippen LogP contribution in [0.4, 0.5) is 5.69 Å². The van der Waals surface area contributed by atoms with E-state index in [1.807, 2.05) is 11.8 Å². The van der Waals surface area contributed by atoms with Gasteiger partial charge in [-0.3, -0.25) is 9.59 Å². The lowest BCUT2D eigenvalue weighted by Gasteiger charge is -2.40. The molecule has 116 valence electrons. The Balaban J connectivity index is 2.09. The van der Waals surface area contributed by atoms with E-state index in [1.54, 1.807) is 6.20 Å². The zero-order chi connectivity index (χ0) is 15.5. The minimum Gasteiger partial charge on any atom is -0.468 e. The first-order valence-electron chi connectivity index (χ1n) is 6.63. The fourth-order valence-electron chi connectivity index (χ4n) is 2.17. The monoisotopic (exact) mass is 375 g/mol. The number of aromatic nitrogens is 2. The Labute approximate surface area is 135 Å². The number of methoxy groups -OCH3 is 1. The third-order valence-electron chi connectivity index (χ3n) is 3.79. The molecule has 0 aromatic carbocycles. The maximum absolute atomic E-state index is 12.1. The Hall–Kier alpha value is -1.02. The Morgan fingerprint density at radius 3 is 2.86 bits per heavy atom. The van der Waals surface area contributed by atoms with Gasteiger partial charge >= 0.3 is 5.97 Å². The molecule has 1 saturated carbocycles. The first kappa shape index (κ1) is 16.4. The van der Waals surface area contributed by atoms with Crippen molar-refractivity contribution in [3.05, 3.63) is 21.0 Å². The minimum absolute atomic E-state index is 0.192. The van der Waals surface area contributed by atoms with Crippen LogP contribution in [0.5, 0.6) is 0 Å². The number of hydrogen-bond acceptors (Lipinski definition) is 6. The summed E-state index contributed by atoms with van der Waals surface area (Å²) in [7, 11) is 1.28. The van der Waals surface area contributed by atoms with Crippen LogP contribution in [0.1, 0.15) is 19.3 Å². The van der Waals surface area contributed by atoms with Crippen molar-refractivity contribution >= 4 is 39.3 Å². The molecule has 1 heterocycles. The quantitative estimate of drug-likeness (QED) is 0.765. The van der Waals surface area contributed by atoms with E-state index >= 15 is 0 Å². The highest BCUT2D eigenvalue weighted by molar-refractivity contribution is 9.10. The van der Waals surface area contributed by atoms with E-state index in [0.29, 0.717) is 10.2 Å². The number of rotatable bonds is 6. The van der Waals surface area contributed by atoms with Crippen LogP contribution in [-0.2, 0) is 16.1 Å². The molecule has 0 amide bonds. The largest absolute Gasteiger partial charge is 0.468 e. The smallest absolute Gasteiger partial charge is 0.327 e. The third kappa shape index (κ3) is 3.60. The molecule has 8 heteroatoms. The summed E-state index contributed by atoms with van der Waals surface area (Å²) in [5.41, 5.74) is 0.304. The summed E-state index contributed by atoms with van der Waals surface area (Å²) in [4.78, 5) is 23.3. The first-order valence-corrected chi connectivity index (χ1v) is 8.64. The molecular weight excluding hydrogens is 358 g/mol. The summed E-state index contributed by atoms with van der Waals surface area (Å²) in [6.45, 7) is 0.609. The molecule has 0 radical (unpaired) electrons. The lowest BCUT2D eigenvalue weighted by atomic mass is 9.84. The van der Waals surface area contributed by atoms with Crippen LogP contribution < -0.4 is 10.9 Å². The van der Waals surface area contributed by atoms with E-state index in [1.165, 1.54) is 26.4 Å². The molecule has 0 atom stereocenters. The van der Waals surface area contributed by atoms with Crippen molar-refractivity contribution in [1.82, 2.24) is 9.78 Å². The van der Waals surface area contributed by atoms with Crippen LogP contribution in [0.25, 0.3) is 0 Å². The van der Waals surface area contributed by atoms with E-state index < -0.39 is 5.97 Å². The van der Waals surface area contributed by atoms with Gasteiger partial charge in [-0.15, -0.1) is 0 Å². The number of carbonyl (C=O) groups excluding carboxylic acids is 1. The molecular formula is C13H18BrN3O3S. The summed E-state index contributed by atoms with van der Waals surface area (Å²) >= 11 is 5.14. The predicted octanol–water partition coefficient (Wildman–Crippen LogP) is 1.88. The second-order valence-electron chi connectivity index (χ2n) is 5.01. The highest BCUT2D eigenvalue weighted by Crippen LogP contribution is 2.42. The van der Waals surface area contributed by atoms with Crippen LogP contribution >= 0.6 is 27.7 Å². The number of nitrogens with one attached hydrogen (secondary N) is 1. The highest BCUT2D eigenvalue weighted by Gasteiger charge is 2.36. The fourth-order valence-corrected chi connectivity index (χ4v) is 3.53. The molecule has 1 aromatic heterocycles. The van der Waals surface area contributed by atoms with Crippen molar-refractivity contribution in [2.24, 2.45) is 0 Å². The normalized spacial score (nSPS) is 16.1. The molecule has 2 rings (SSSR count). The zero-order valence-electron chi connectivity index (χ0n) is 12.0. The van der Waals surface area contributed by atoms with Crippen LogP contribution in [0.3, 0.4) is 0 Å². The molecule has 1 N–H and O–H groups in total. The molecule has 1 fully saturated rings. The van der Waals surface area contributed by atoms with Gasteiger partial charge in [0.2, 0.25) is 0 Å². The summed E-state index contributed by atoms with van der Waals surface area (Å²) in [5, 5.41) is 7.28. The Morgan fingerprint density at radius 1 is 1.62 bits per heavy atom. The van der Waals surface area contributed by atoms with Crippen LogP contribution in [0.2, 0.25) is 0 Å². The SMILES string of the molecule is COC(=O)Cn1ncc(NCC2(SC)CCC2)c(Br)c1=O. The Morgan fingerprint density at radius 2 is 2.33 bits per heavy atom. The predicted molar refractivity (Wildman–Crippen MR) is 86.8 cm³/mol. The zero-order valence-corrected chi connectivity index (χ0v) is 14.4. The van der Waals surface area contributed by atoms with Gasteiger partial charge < -0.3 is 10.1 Å². The van der Waals surface area contributed by atoms with Crippen LogP contribution in [0.15, 0.2) is 15.5 Å². The second kappa shape index (κ2) is 6.83. The van der Waals surface area contributed by atoms with E-state index in [4.69, 9.17) is 0 Å². The van der Waals surface area contributed by atoms with Crippen molar-refractivity contribution in [1.29, 1.82) is 0 Å². The minimum atomic E-state index is -0.506. The number of ether oxygens (including phenoxy) is 1. The number of esters is 1. The van der Waals surface area contributed by atoms with Gasteiger partial charge in [-0.25, -0.2) is 4.68 Å². The lowest BCUT2D eigenvalue weighted by Crippen LogP contribution is -2.40. The van der Waals surface area contributed by atoms with Gasteiger partial charge in [0.05, 0.1) is 19.0 Å². The van der Waals surface area contributed by atoms with Crippen molar-refractivity contribution in [3.8, 4) is 0 Å². The van der Waals surface area contributed by atoms with Gasteiger partial charge in [0.1, 0.15) is 11.0 Å².